The number of nitrogens with zero attached hydrogens (tertiary/aromatic N) is 3. The summed E-state index contributed by atoms with van der Waals surface area (Å²) in [4.78, 5) is 25.1. The number of carbonyl (C=O) groups excluding carboxylic acids is 1. The zero-order valence-electron chi connectivity index (χ0n) is 15.4. The highest BCUT2D eigenvalue weighted by molar-refractivity contribution is 7.15. The van der Waals surface area contributed by atoms with E-state index in [1.165, 1.54) is 22.3 Å². The number of amides is 1. The van der Waals surface area contributed by atoms with E-state index in [2.05, 4.69) is 32.4 Å². The molecule has 8 heteroatoms. The first kappa shape index (κ1) is 18.5. The fourth-order valence-corrected chi connectivity index (χ4v) is 4.16. The average Bonchev–Trinajstić information content (AvgIpc) is 3.11. The van der Waals surface area contributed by atoms with Gasteiger partial charge < -0.3 is 5.32 Å². The zero-order chi connectivity index (χ0) is 19.5. The molecule has 6 nitrogen and oxygen atoms in total. The molecule has 0 bridgehead atoms. The van der Waals surface area contributed by atoms with E-state index in [-0.39, 0.29) is 11.6 Å². The third kappa shape index (κ3) is 3.88. The summed E-state index contributed by atoms with van der Waals surface area (Å²) in [5.41, 5.74) is 1.65. The van der Waals surface area contributed by atoms with Gasteiger partial charge in [-0.05, 0) is 30.8 Å². The number of aromatic nitrogens is 2. The van der Waals surface area contributed by atoms with Gasteiger partial charge in [0.05, 0.1) is 16.9 Å². The van der Waals surface area contributed by atoms with Crippen molar-refractivity contribution in [1.29, 1.82) is 0 Å². The predicted molar refractivity (Wildman–Crippen MR) is 109 cm³/mol. The number of benzene rings is 1. The van der Waals surface area contributed by atoms with Gasteiger partial charge in [0.25, 0.3) is 5.91 Å². The third-order valence-electron chi connectivity index (χ3n) is 4.66. The summed E-state index contributed by atoms with van der Waals surface area (Å²) in [6, 6.07) is 9.60. The minimum atomic E-state index is -0.410. The van der Waals surface area contributed by atoms with Crippen LogP contribution < -0.4 is 10.6 Å². The summed E-state index contributed by atoms with van der Waals surface area (Å²) in [7, 11) is 0. The molecule has 0 atom stereocenters. The molecule has 1 aromatic carbocycles. The highest BCUT2D eigenvalue weighted by Crippen LogP contribution is 2.29. The second-order valence-corrected chi connectivity index (χ2v) is 7.55. The minimum absolute atomic E-state index is 0.264. The normalized spacial score (nSPS) is 13.8. The molecule has 2 N–H and O–H groups in total. The summed E-state index contributed by atoms with van der Waals surface area (Å²) in [5, 5.41) is 6.34. The Morgan fingerprint density at radius 1 is 1.29 bits per heavy atom. The number of hydrogen-bond acceptors (Lipinski definition) is 6. The van der Waals surface area contributed by atoms with Crippen molar-refractivity contribution in [3.05, 3.63) is 64.5 Å². The molecule has 1 aliphatic heterocycles. The number of likely N-dealkylation sites (N-methyl/N-ethyl adjacent to an activating group) is 1. The van der Waals surface area contributed by atoms with Crippen LogP contribution in [-0.4, -0.2) is 33.9 Å². The quantitative estimate of drug-likeness (QED) is 0.680. The van der Waals surface area contributed by atoms with Crippen molar-refractivity contribution in [1.82, 2.24) is 14.9 Å². The first-order valence-corrected chi connectivity index (χ1v) is 9.94. The largest absolute Gasteiger partial charge is 0.337 e. The summed E-state index contributed by atoms with van der Waals surface area (Å²) in [6.45, 7) is 4.99. The van der Waals surface area contributed by atoms with Crippen LogP contribution in [0.25, 0.3) is 0 Å². The van der Waals surface area contributed by atoms with Crippen LogP contribution in [0, 0.1) is 5.82 Å². The van der Waals surface area contributed by atoms with Crippen LogP contribution in [0.2, 0.25) is 0 Å². The summed E-state index contributed by atoms with van der Waals surface area (Å²) in [6.07, 6.45) is 2.45. The molecule has 1 amide bonds. The van der Waals surface area contributed by atoms with E-state index in [0.717, 1.165) is 31.7 Å². The van der Waals surface area contributed by atoms with Gasteiger partial charge in [-0.15, -0.1) is 11.3 Å². The maximum absolute atomic E-state index is 13.9. The molecule has 0 aliphatic carbocycles. The molecule has 0 saturated heterocycles. The molecule has 144 valence electrons. The van der Waals surface area contributed by atoms with Gasteiger partial charge in [0.1, 0.15) is 11.6 Å². The van der Waals surface area contributed by atoms with Gasteiger partial charge in [0.15, 0.2) is 5.13 Å². The van der Waals surface area contributed by atoms with Crippen LogP contribution in [0.15, 0.2) is 42.6 Å². The van der Waals surface area contributed by atoms with Gasteiger partial charge in [-0.1, -0.05) is 19.1 Å². The number of fused-ring (bicyclic) bond motifs is 1. The molecule has 3 aromatic rings. The van der Waals surface area contributed by atoms with Crippen molar-refractivity contribution in [2.45, 2.75) is 19.9 Å². The Labute approximate surface area is 166 Å². The second kappa shape index (κ2) is 8.04. The van der Waals surface area contributed by atoms with Crippen molar-refractivity contribution in [2.75, 3.05) is 23.7 Å². The summed E-state index contributed by atoms with van der Waals surface area (Å²) < 4.78 is 13.9. The van der Waals surface area contributed by atoms with Crippen molar-refractivity contribution in [3.63, 3.8) is 0 Å². The number of para-hydroxylation sites is 1. The lowest BCUT2D eigenvalue weighted by atomic mass is 10.2. The van der Waals surface area contributed by atoms with Gasteiger partial charge >= 0.3 is 0 Å². The van der Waals surface area contributed by atoms with E-state index in [9.17, 15) is 9.18 Å². The third-order valence-corrected chi connectivity index (χ3v) is 5.66. The van der Waals surface area contributed by atoms with Gasteiger partial charge in [0.2, 0.25) is 0 Å². The number of carbonyl (C=O) groups is 1. The first-order chi connectivity index (χ1) is 13.6. The fourth-order valence-electron chi connectivity index (χ4n) is 3.11. The van der Waals surface area contributed by atoms with E-state index in [0.29, 0.717) is 16.5 Å². The zero-order valence-corrected chi connectivity index (χ0v) is 16.2. The lowest BCUT2D eigenvalue weighted by Crippen LogP contribution is -2.29. The van der Waals surface area contributed by atoms with Gasteiger partial charge in [0, 0.05) is 30.6 Å². The summed E-state index contributed by atoms with van der Waals surface area (Å²) >= 11 is 1.50. The number of halogens is 1. The molecule has 0 saturated carbocycles. The SMILES string of the molecule is CCN1CCc2nc(NC(=O)c3cccnc3Nc3ccccc3F)sc2C1. The van der Waals surface area contributed by atoms with E-state index in [1.807, 2.05) is 0 Å². The molecule has 0 radical (unpaired) electrons. The number of rotatable bonds is 5. The minimum Gasteiger partial charge on any atom is -0.337 e. The number of hydrogen-bond donors (Lipinski definition) is 2. The standard InChI is InChI=1S/C20H20FN5OS/c1-2-26-11-9-16-17(12-26)28-20(24-16)25-19(27)13-6-5-10-22-18(13)23-15-8-4-3-7-14(15)21/h3-8,10H,2,9,11-12H2,1H3,(H,22,23)(H,24,25,27). The smallest absolute Gasteiger partial charge is 0.261 e. The van der Waals surface area contributed by atoms with E-state index < -0.39 is 5.82 Å². The van der Waals surface area contributed by atoms with Crippen LogP contribution in [0.1, 0.15) is 27.9 Å². The van der Waals surface area contributed by atoms with E-state index in [4.69, 9.17) is 0 Å². The number of nitrogens with one attached hydrogen (secondary N) is 2. The predicted octanol–water partition coefficient (Wildman–Crippen LogP) is 4.05. The van der Waals surface area contributed by atoms with E-state index >= 15 is 0 Å². The van der Waals surface area contributed by atoms with E-state index in [1.54, 1.807) is 36.5 Å². The molecular formula is C20H20FN5OS. The molecule has 0 unspecified atom stereocenters. The Morgan fingerprint density at radius 3 is 2.96 bits per heavy atom. The molecule has 2 aromatic heterocycles. The maximum atomic E-state index is 13.9. The highest BCUT2D eigenvalue weighted by Gasteiger charge is 2.21. The molecule has 0 spiro atoms. The Hall–Kier alpha value is -2.84. The molecule has 28 heavy (non-hydrogen) atoms. The second-order valence-electron chi connectivity index (χ2n) is 6.47. The van der Waals surface area contributed by atoms with Gasteiger partial charge in [-0.2, -0.15) is 0 Å². The highest BCUT2D eigenvalue weighted by atomic mass is 32.1. The molecule has 4 rings (SSSR count). The van der Waals surface area contributed by atoms with Crippen LogP contribution in [0.3, 0.4) is 0 Å². The lowest BCUT2D eigenvalue weighted by Gasteiger charge is -2.23. The lowest BCUT2D eigenvalue weighted by molar-refractivity contribution is 0.102. The Balaban J connectivity index is 1.53. The van der Waals surface area contributed by atoms with Crippen molar-refractivity contribution in [3.8, 4) is 0 Å². The maximum Gasteiger partial charge on any atom is 0.261 e. The number of anilines is 3. The monoisotopic (exact) mass is 397 g/mol. The Bertz CT molecular complexity index is 1010. The van der Waals surface area contributed by atoms with Crippen molar-refractivity contribution < 1.29 is 9.18 Å². The van der Waals surface area contributed by atoms with Gasteiger partial charge in [-0.25, -0.2) is 14.4 Å². The first-order valence-electron chi connectivity index (χ1n) is 9.13. The molecule has 3 heterocycles. The summed E-state index contributed by atoms with van der Waals surface area (Å²) in [5.74, 6) is -0.443. The topological polar surface area (TPSA) is 70.2 Å². The van der Waals surface area contributed by atoms with Crippen molar-refractivity contribution >= 4 is 33.9 Å². The van der Waals surface area contributed by atoms with Crippen LogP contribution >= 0.6 is 11.3 Å². The fraction of sp³-hybridized carbons (Fsp3) is 0.250. The number of pyridine rings is 1. The molecule has 1 aliphatic rings. The number of thiazole rings is 1. The van der Waals surface area contributed by atoms with Crippen molar-refractivity contribution in [2.24, 2.45) is 0 Å². The van der Waals surface area contributed by atoms with Crippen LogP contribution in [0.4, 0.5) is 21.0 Å². The average molecular weight is 397 g/mol. The van der Waals surface area contributed by atoms with Crippen LogP contribution in [0.5, 0.6) is 0 Å². The molecule has 0 fully saturated rings. The Kier molecular flexibility index (Phi) is 5.31. The Morgan fingerprint density at radius 2 is 2.14 bits per heavy atom. The van der Waals surface area contributed by atoms with Gasteiger partial charge in [-0.3, -0.25) is 15.0 Å². The van der Waals surface area contributed by atoms with Crippen LogP contribution in [-0.2, 0) is 13.0 Å². The molecular weight excluding hydrogens is 377 g/mol.